The van der Waals surface area contributed by atoms with Crippen LogP contribution in [-0.2, 0) is 0 Å². The molecule has 0 spiro atoms. The van der Waals surface area contributed by atoms with Gasteiger partial charge in [0.25, 0.3) is 0 Å². The molecule has 0 saturated carbocycles. The molecular weight excluding hydrogens is 260 g/mol. The minimum absolute atomic E-state index is 0.599. The molecule has 0 radical (unpaired) electrons. The summed E-state index contributed by atoms with van der Waals surface area (Å²) in [5.41, 5.74) is 0. The van der Waals surface area contributed by atoms with E-state index in [2.05, 4.69) is 22.9 Å². The lowest BCUT2D eigenvalue weighted by molar-refractivity contribution is 0.420. The molecule has 0 N–H and O–H groups in total. The van der Waals surface area contributed by atoms with Gasteiger partial charge < -0.3 is 9.64 Å². The van der Waals surface area contributed by atoms with Crippen LogP contribution in [0.4, 0.5) is 5.82 Å². The van der Waals surface area contributed by atoms with Crippen LogP contribution in [0.1, 0.15) is 13.3 Å². The number of rotatable bonds is 6. The summed E-state index contributed by atoms with van der Waals surface area (Å²) in [5.74, 6) is 2.46. The number of fused-ring (bicyclic) bond motifs is 1. The van der Waals surface area contributed by atoms with Gasteiger partial charge in [-0.15, -0.1) is 11.6 Å². The van der Waals surface area contributed by atoms with E-state index in [4.69, 9.17) is 16.3 Å². The van der Waals surface area contributed by atoms with Crippen molar-refractivity contribution >= 4 is 28.2 Å². The maximum absolute atomic E-state index is 5.90. The Bertz CT molecular complexity index is 539. The van der Waals surface area contributed by atoms with E-state index in [9.17, 15) is 0 Å². The van der Waals surface area contributed by atoms with Crippen molar-refractivity contribution in [1.29, 1.82) is 0 Å². The normalized spacial score (nSPS) is 10.7. The first-order valence-electron chi connectivity index (χ1n) is 6.54. The highest BCUT2D eigenvalue weighted by Gasteiger charge is 2.12. The average molecular weight is 279 g/mol. The summed E-state index contributed by atoms with van der Waals surface area (Å²) in [4.78, 5) is 6.76. The van der Waals surface area contributed by atoms with Crippen molar-refractivity contribution in [1.82, 2.24) is 4.98 Å². The molecule has 19 heavy (non-hydrogen) atoms. The molecule has 1 heterocycles. The third-order valence-electron chi connectivity index (χ3n) is 3.11. The lowest BCUT2D eigenvalue weighted by Gasteiger charge is -2.23. The van der Waals surface area contributed by atoms with E-state index in [1.165, 1.54) is 0 Å². The van der Waals surface area contributed by atoms with Crippen molar-refractivity contribution in [2.45, 2.75) is 13.3 Å². The highest BCUT2D eigenvalue weighted by Crippen LogP contribution is 2.30. The molecule has 3 nitrogen and oxygen atoms in total. The van der Waals surface area contributed by atoms with Crippen LogP contribution in [0.25, 0.3) is 10.8 Å². The monoisotopic (exact) mass is 278 g/mol. The highest BCUT2D eigenvalue weighted by atomic mass is 35.5. The number of anilines is 1. The van der Waals surface area contributed by atoms with Gasteiger partial charge >= 0.3 is 0 Å². The average Bonchev–Trinajstić information content (AvgIpc) is 2.46. The number of methoxy groups -OCH3 is 1. The summed E-state index contributed by atoms with van der Waals surface area (Å²) in [6.45, 7) is 3.92. The first kappa shape index (κ1) is 13.9. The summed E-state index contributed by atoms with van der Waals surface area (Å²) < 4.78 is 5.41. The minimum atomic E-state index is 0.599. The van der Waals surface area contributed by atoms with E-state index in [0.29, 0.717) is 5.88 Å². The molecule has 0 aliphatic rings. The summed E-state index contributed by atoms with van der Waals surface area (Å²) >= 11 is 5.90. The molecule has 0 atom stereocenters. The second-order valence-electron chi connectivity index (χ2n) is 4.37. The molecule has 0 unspecified atom stereocenters. The van der Waals surface area contributed by atoms with Crippen LogP contribution in [0.3, 0.4) is 0 Å². The number of aromatic nitrogens is 1. The number of hydrogen-bond acceptors (Lipinski definition) is 3. The van der Waals surface area contributed by atoms with Crippen LogP contribution >= 0.6 is 11.6 Å². The van der Waals surface area contributed by atoms with E-state index in [-0.39, 0.29) is 0 Å². The van der Waals surface area contributed by atoms with Crippen molar-refractivity contribution in [2.24, 2.45) is 0 Å². The third-order valence-corrected chi connectivity index (χ3v) is 3.28. The number of pyridine rings is 1. The number of ether oxygens (including phenoxy) is 1. The molecule has 0 saturated heterocycles. The minimum Gasteiger partial charge on any atom is -0.496 e. The van der Waals surface area contributed by atoms with Gasteiger partial charge in [0.15, 0.2) is 0 Å². The van der Waals surface area contributed by atoms with Gasteiger partial charge in [-0.25, -0.2) is 4.98 Å². The number of hydrogen-bond donors (Lipinski definition) is 0. The Balaban J connectivity index is 2.53. The molecular formula is C15H19ClN2O. The lowest BCUT2D eigenvalue weighted by Crippen LogP contribution is -2.27. The van der Waals surface area contributed by atoms with E-state index < -0.39 is 0 Å². The molecule has 0 aliphatic carbocycles. The fraction of sp³-hybridized carbons (Fsp3) is 0.400. The van der Waals surface area contributed by atoms with Crippen LogP contribution < -0.4 is 9.64 Å². The largest absolute Gasteiger partial charge is 0.496 e. The second-order valence-corrected chi connectivity index (χ2v) is 4.74. The van der Waals surface area contributed by atoms with E-state index in [1.54, 1.807) is 7.11 Å². The molecule has 2 rings (SSSR count). The predicted molar refractivity (Wildman–Crippen MR) is 81.5 cm³/mol. The molecule has 102 valence electrons. The molecule has 0 fully saturated rings. The molecule has 0 amide bonds. The van der Waals surface area contributed by atoms with Crippen molar-refractivity contribution in [3.05, 3.63) is 30.5 Å². The zero-order valence-corrected chi connectivity index (χ0v) is 12.2. The van der Waals surface area contributed by atoms with Crippen molar-refractivity contribution in [3.63, 3.8) is 0 Å². The summed E-state index contributed by atoms with van der Waals surface area (Å²) in [7, 11) is 1.69. The van der Waals surface area contributed by atoms with Crippen LogP contribution in [-0.4, -0.2) is 31.1 Å². The van der Waals surface area contributed by atoms with Crippen molar-refractivity contribution < 1.29 is 4.74 Å². The fourth-order valence-electron chi connectivity index (χ4n) is 2.29. The molecule has 2 aromatic rings. The Hall–Kier alpha value is -1.48. The van der Waals surface area contributed by atoms with Crippen LogP contribution in [0, 0.1) is 0 Å². The zero-order chi connectivity index (χ0) is 13.7. The van der Waals surface area contributed by atoms with Crippen molar-refractivity contribution in [3.8, 4) is 5.75 Å². The highest BCUT2D eigenvalue weighted by molar-refractivity contribution is 6.18. The SMILES string of the molecule is CCCN(CCCl)c1nccc2c(OC)cccc12. The fourth-order valence-corrected chi connectivity index (χ4v) is 2.49. The van der Waals surface area contributed by atoms with Gasteiger partial charge in [-0.1, -0.05) is 19.1 Å². The Morgan fingerprint density at radius 2 is 2.05 bits per heavy atom. The Labute approximate surface area is 119 Å². The smallest absolute Gasteiger partial charge is 0.136 e. The molecule has 1 aromatic carbocycles. The Morgan fingerprint density at radius 3 is 2.74 bits per heavy atom. The summed E-state index contributed by atoms with van der Waals surface area (Å²) in [6, 6.07) is 8.04. The van der Waals surface area contributed by atoms with Crippen LogP contribution in [0.2, 0.25) is 0 Å². The summed E-state index contributed by atoms with van der Waals surface area (Å²) in [5, 5.41) is 2.20. The van der Waals surface area contributed by atoms with E-state index in [0.717, 1.165) is 41.9 Å². The first-order chi connectivity index (χ1) is 9.31. The number of alkyl halides is 1. The maximum Gasteiger partial charge on any atom is 0.136 e. The third kappa shape index (κ3) is 2.92. The van der Waals surface area contributed by atoms with Gasteiger partial charge in [-0.05, 0) is 18.6 Å². The zero-order valence-electron chi connectivity index (χ0n) is 11.4. The molecule has 4 heteroatoms. The Morgan fingerprint density at radius 1 is 1.21 bits per heavy atom. The predicted octanol–water partition coefficient (Wildman–Crippen LogP) is 3.70. The standard InChI is InChI=1S/C15H19ClN2O/c1-3-10-18(11-8-16)15-13-5-4-6-14(19-2)12(13)7-9-17-15/h4-7,9H,3,8,10-11H2,1-2H3. The molecule has 0 bridgehead atoms. The molecule has 0 aliphatic heterocycles. The number of benzene rings is 1. The number of halogens is 1. The number of nitrogens with zero attached hydrogens (tertiary/aromatic N) is 2. The second kappa shape index (κ2) is 6.62. The molecule has 1 aromatic heterocycles. The van der Waals surface area contributed by atoms with Gasteiger partial charge in [-0.2, -0.15) is 0 Å². The van der Waals surface area contributed by atoms with Crippen LogP contribution in [0.5, 0.6) is 5.75 Å². The maximum atomic E-state index is 5.90. The van der Waals surface area contributed by atoms with Gasteiger partial charge in [0.1, 0.15) is 11.6 Å². The van der Waals surface area contributed by atoms with Gasteiger partial charge in [0.2, 0.25) is 0 Å². The van der Waals surface area contributed by atoms with Gasteiger partial charge in [0.05, 0.1) is 7.11 Å². The Kier molecular flexibility index (Phi) is 4.86. The van der Waals surface area contributed by atoms with Gasteiger partial charge in [-0.3, -0.25) is 0 Å². The topological polar surface area (TPSA) is 25.4 Å². The van der Waals surface area contributed by atoms with Gasteiger partial charge in [0, 0.05) is 35.9 Å². The summed E-state index contributed by atoms with van der Waals surface area (Å²) in [6.07, 6.45) is 2.90. The van der Waals surface area contributed by atoms with Crippen LogP contribution in [0.15, 0.2) is 30.5 Å². The quantitative estimate of drug-likeness (QED) is 0.754. The van der Waals surface area contributed by atoms with Crippen molar-refractivity contribution in [2.75, 3.05) is 31.0 Å². The van der Waals surface area contributed by atoms with E-state index in [1.807, 2.05) is 24.4 Å². The first-order valence-corrected chi connectivity index (χ1v) is 7.08. The van der Waals surface area contributed by atoms with E-state index >= 15 is 0 Å². The lowest BCUT2D eigenvalue weighted by atomic mass is 10.1.